The zero-order valence-corrected chi connectivity index (χ0v) is 9.63. The Hall–Kier alpha value is 3.44. The first-order valence-corrected chi connectivity index (χ1v) is 0. The molecule has 0 aliphatic heterocycles. The van der Waals surface area contributed by atoms with E-state index >= 15 is 0 Å². The first-order valence-electron chi connectivity index (χ1n) is 0. The van der Waals surface area contributed by atoms with Gasteiger partial charge in [-0.2, -0.15) is 0 Å². The van der Waals surface area contributed by atoms with Gasteiger partial charge >= 0.3 is 106 Å². The van der Waals surface area contributed by atoms with Crippen LogP contribution in [0.2, 0.25) is 0 Å². The molecule has 0 aromatic heterocycles. The molecule has 4 heteroatoms. The molecule has 0 saturated heterocycles. The fourth-order valence-corrected chi connectivity index (χ4v) is 0. The number of rotatable bonds is 0. The Morgan fingerprint density at radius 1 is 1.25 bits per heavy atom. The Kier molecular flexibility index (Phi) is 105. The summed E-state index contributed by atoms with van der Waals surface area (Å²) in [4.78, 5) is 0. The standard InChI is InChI=1S/Ca.FH.Mg.Sr.6H/h;1H;;;;;;;;/q+2;;2*+2;6*-1. The molecule has 0 heterocycles. The summed E-state index contributed by atoms with van der Waals surface area (Å²) in [6.07, 6.45) is 0. The molecule has 0 aromatic rings. The first kappa shape index (κ1) is 26.1. The molecular formula is H7CaFMgSr. The molecule has 0 saturated carbocycles. The summed E-state index contributed by atoms with van der Waals surface area (Å²) < 4.78 is 0. The summed E-state index contributed by atoms with van der Waals surface area (Å²) in [5.74, 6) is 0. The van der Waals surface area contributed by atoms with E-state index in [1.165, 1.54) is 0 Å². The molecule has 0 nitrogen and oxygen atoms in total. The van der Waals surface area contributed by atoms with Gasteiger partial charge in [-0.3, -0.25) is 4.70 Å². The predicted molar refractivity (Wildman–Crippen MR) is 26.4 cm³/mol. The van der Waals surface area contributed by atoms with E-state index in [0.717, 1.165) is 0 Å². The van der Waals surface area contributed by atoms with Gasteiger partial charge in [0.25, 0.3) is 0 Å². The minimum absolute atomic E-state index is 0. The van der Waals surface area contributed by atoms with Crippen molar-refractivity contribution in [3.05, 3.63) is 0 Å². The Morgan fingerprint density at radius 3 is 1.25 bits per heavy atom. The zero-order chi connectivity index (χ0) is 0. The van der Waals surface area contributed by atoms with Crippen LogP contribution in [0, 0.1) is 0 Å². The number of hydrogen-bond acceptors (Lipinski definition) is 0. The summed E-state index contributed by atoms with van der Waals surface area (Å²) in [7, 11) is 0. The second-order valence-electron chi connectivity index (χ2n) is 0. The SMILES string of the molecule is F.[Ca+2].[H-].[H-].[H-].[H-].[H-].[H-].[Mg+2].[Sr+2]. The molecule has 0 bridgehead atoms. The molecule has 0 atom stereocenters. The minimum atomic E-state index is 0. The molecule has 4 heavy (non-hydrogen) atoms. The maximum absolute atomic E-state index is 0. The molecule has 0 aliphatic carbocycles. The van der Waals surface area contributed by atoms with Gasteiger partial charge in [0.15, 0.2) is 0 Å². The van der Waals surface area contributed by atoms with Crippen LogP contribution in [0.25, 0.3) is 0 Å². The molecule has 0 aliphatic rings. The van der Waals surface area contributed by atoms with Crippen LogP contribution < -0.4 is 0 Å². The molecule has 0 rings (SSSR count). The van der Waals surface area contributed by atoms with Crippen molar-refractivity contribution in [1.29, 1.82) is 0 Å². The van der Waals surface area contributed by atoms with Crippen LogP contribution in [-0.2, 0) is 0 Å². The Morgan fingerprint density at radius 2 is 1.25 bits per heavy atom. The van der Waals surface area contributed by atoms with Crippen LogP contribution in [0.4, 0.5) is 4.70 Å². The summed E-state index contributed by atoms with van der Waals surface area (Å²) in [6.45, 7) is 0. The van der Waals surface area contributed by atoms with Crippen LogP contribution in [0.3, 0.4) is 0 Å². The molecule has 0 amide bonds. The van der Waals surface area contributed by atoms with Crippen LogP contribution in [0.5, 0.6) is 0 Å². The van der Waals surface area contributed by atoms with E-state index < -0.39 is 0 Å². The van der Waals surface area contributed by atoms with Gasteiger partial charge in [-0.15, -0.1) is 0 Å². The second-order valence-corrected chi connectivity index (χ2v) is 0. The van der Waals surface area contributed by atoms with Crippen molar-refractivity contribution in [2.45, 2.75) is 0 Å². The minimum Gasteiger partial charge on any atom is -1.00 e. The van der Waals surface area contributed by atoms with Crippen molar-refractivity contribution in [1.82, 2.24) is 0 Å². The van der Waals surface area contributed by atoms with Gasteiger partial charge < -0.3 is 8.56 Å². The Labute approximate surface area is 117 Å². The zero-order valence-electron chi connectivity index (χ0n) is 8.53. The molecule has 0 unspecified atom stereocenters. The smallest absolute Gasteiger partial charge is 1.00 e. The Bertz CT molecular complexity index is 17.7. The van der Waals surface area contributed by atoms with Gasteiger partial charge in [-0.05, 0) is 0 Å². The third-order valence-electron chi connectivity index (χ3n) is 0. The topological polar surface area (TPSA) is 0 Å². The van der Waals surface area contributed by atoms with E-state index in [-0.39, 0.29) is 120 Å². The molecule has 0 fully saturated rings. The molecule has 0 radical (unpaired) electrons. The first-order chi connectivity index (χ1) is 0. The molecule has 0 aromatic carbocycles. The van der Waals surface area contributed by atoms with Crippen molar-refractivity contribution >= 4 is 106 Å². The second kappa shape index (κ2) is 16.1. The van der Waals surface area contributed by atoms with Crippen molar-refractivity contribution < 1.29 is 13.3 Å². The fraction of sp³-hybridized carbons (Fsp3) is 0. The maximum Gasteiger partial charge on any atom is 2.00 e. The van der Waals surface area contributed by atoms with Gasteiger partial charge in [0, 0.05) is 0 Å². The fourth-order valence-electron chi connectivity index (χ4n) is 0. The van der Waals surface area contributed by atoms with Crippen LogP contribution >= 0.6 is 0 Å². The van der Waals surface area contributed by atoms with Gasteiger partial charge in [0.1, 0.15) is 0 Å². The molecule has 0 spiro atoms. The average Bonchev–Trinajstić information content (AvgIpc) is 0. The maximum atomic E-state index is 0. The van der Waals surface area contributed by atoms with E-state index in [0.29, 0.717) is 0 Å². The van der Waals surface area contributed by atoms with Gasteiger partial charge in [0.05, 0.1) is 0 Å². The quantitative estimate of drug-likeness (QED) is 0.446. The van der Waals surface area contributed by atoms with E-state index in [2.05, 4.69) is 0 Å². The van der Waals surface area contributed by atoms with Gasteiger partial charge in [-0.25, -0.2) is 0 Å². The van der Waals surface area contributed by atoms with Crippen LogP contribution in [0.15, 0.2) is 0 Å². The van der Waals surface area contributed by atoms with E-state index in [9.17, 15) is 0 Å². The summed E-state index contributed by atoms with van der Waals surface area (Å²) in [5, 5.41) is 0. The normalized spacial score (nSPS) is 0. The number of hydrogen-bond donors (Lipinski definition) is 0. The van der Waals surface area contributed by atoms with E-state index in [4.69, 9.17) is 0 Å². The van der Waals surface area contributed by atoms with Crippen molar-refractivity contribution in [3.8, 4) is 0 Å². The molecule has 20 valence electrons. The van der Waals surface area contributed by atoms with E-state index in [1.54, 1.807) is 0 Å². The van der Waals surface area contributed by atoms with Crippen LogP contribution in [-0.4, -0.2) is 106 Å². The van der Waals surface area contributed by atoms with Crippen LogP contribution in [0.1, 0.15) is 8.56 Å². The average molecular weight is 178 g/mol. The summed E-state index contributed by atoms with van der Waals surface area (Å²) >= 11 is 0. The molecular weight excluding hydrogens is 171 g/mol. The third kappa shape index (κ3) is 9.06. The third-order valence-corrected chi connectivity index (χ3v) is 0. The van der Waals surface area contributed by atoms with Crippen molar-refractivity contribution in [2.75, 3.05) is 0 Å². The monoisotopic (exact) mass is 178 g/mol. The summed E-state index contributed by atoms with van der Waals surface area (Å²) in [5.41, 5.74) is 0. The molecule has 0 N–H and O–H groups in total. The van der Waals surface area contributed by atoms with Gasteiger partial charge in [0.2, 0.25) is 0 Å². The van der Waals surface area contributed by atoms with Gasteiger partial charge in [-0.1, -0.05) is 0 Å². The van der Waals surface area contributed by atoms with Crippen molar-refractivity contribution in [2.24, 2.45) is 0 Å². The number of halogens is 1. The van der Waals surface area contributed by atoms with E-state index in [1.807, 2.05) is 0 Å². The summed E-state index contributed by atoms with van der Waals surface area (Å²) in [6, 6.07) is 0. The predicted octanol–water partition coefficient (Wildman–Crippen LogP) is -0.315. The largest absolute Gasteiger partial charge is 2.00 e. The van der Waals surface area contributed by atoms with Crippen molar-refractivity contribution in [3.63, 3.8) is 0 Å². The Balaban J connectivity index is 0.